The number of rotatable bonds is 4. The van der Waals surface area contributed by atoms with Crippen molar-refractivity contribution in [2.75, 3.05) is 12.4 Å². The van der Waals surface area contributed by atoms with Crippen LogP contribution in [0.2, 0.25) is 0 Å². The lowest BCUT2D eigenvalue weighted by Gasteiger charge is -2.08. The third-order valence-electron chi connectivity index (χ3n) is 3.13. The fourth-order valence-corrected chi connectivity index (χ4v) is 1.96. The van der Waals surface area contributed by atoms with E-state index < -0.39 is 5.82 Å². The lowest BCUT2D eigenvalue weighted by atomic mass is 10.3. The Morgan fingerprint density at radius 3 is 3.05 bits per heavy atom. The summed E-state index contributed by atoms with van der Waals surface area (Å²) in [4.78, 5) is 8.30. The Bertz CT molecular complexity index is 786. The van der Waals surface area contributed by atoms with Crippen LogP contribution in [0.25, 0.3) is 11.0 Å². The molecule has 3 rings (SSSR count). The smallest absolute Gasteiger partial charge is 0.181 e. The van der Waals surface area contributed by atoms with Crippen LogP contribution < -0.4 is 10.1 Å². The minimum atomic E-state index is -0.400. The second kappa shape index (κ2) is 5.35. The van der Waals surface area contributed by atoms with Crippen molar-refractivity contribution in [1.82, 2.24) is 20.2 Å². The van der Waals surface area contributed by atoms with Crippen LogP contribution in [-0.2, 0) is 6.61 Å². The SMILES string of the molecule is CNc1ccc(F)c(COc2cnc3n[nH]c(C)c3c2)n1. The molecule has 0 spiro atoms. The van der Waals surface area contributed by atoms with E-state index in [0.717, 1.165) is 11.1 Å². The molecule has 3 heterocycles. The zero-order valence-electron chi connectivity index (χ0n) is 11.6. The maximum Gasteiger partial charge on any atom is 0.181 e. The summed E-state index contributed by atoms with van der Waals surface area (Å²) in [7, 11) is 1.73. The fourth-order valence-electron chi connectivity index (χ4n) is 1.96. The number of pyridine rings is 2. The highest BCUT2D eigenvalue weighted by Gasteiger charge is 2.08. The van der Waals surface area contributed by atoms with Gasteiger partial charge in [0.1, 0.15) is 29.7 Å². The highest BCUT2D eigenvalue weighted by atomic mass is 19.1. The van der Waals surface area contributed by atoms with Gasteiger partial charge in [-0.2, -0.15) is 5.10 Å². The Balaban J connectivity index is 1.81. The lowest BCUT2D eigenvalue weighted by Crippen LogP contribution is -2.04. The number of hydrogen-bond donors (Lipinski definition) is 2. The molecule has 0 saturated carbocycles. The molecule has 108 valence electrons. The Morgan fingerprint density at radius 1 is 1.38 bits per heavy atom. The summed E-state index contributed by atoms with van der Waals surface area (Å²) < 4.78 is 19.2. The molecule has 0 aromatic carbocycles. The van der Waals surface area contributed by atoms with Gasteiger partial charge in [0.15, 0.2) is 5.65 Å². The van der Waals surface area contributed by atoms with Gasteiger partial charge >= 0.3 is 0 Å². The Labute approximate surface area is 120 Å². The van der Waals surface area contributed by atoms with Crippen molar-refractivity contribution in [2.24, 2.45) is 0 Å². The van der Waals surface area contributed by atoms with Crippen molar-refractivity contribution in [2.45, 2.75) is 13.5 Å². The van der Waals surface area contributed by atoms with Crippen LogP contribution in [0.3, 0.4) is 0 Å². The minimum Gasteiger partial charge on any atom is -0.486 e. The first-order chi connectivity index (χ1) is 10.2. The molecule has 0 aliphatic rings. The van der Waals surface area contributed by atoms with Crippen LogP contribution in [0.1, 0.15) is 11.4 Å². The number of aromatic nitrogens is 4. The summed E-state index contributed by atoms with van der Waals surface area (Å²) in [6.07, 6.45) is 1.56. The zero-order chi connectivity index (χ0) is 14.8. The molecule has 0 unspecified atom stereocenters. The number of aromatic amines is 1. The molecule has 7 heteroatoms. The average molecular weight is 287 g/mol. The number of aryl methyl sites for hydroxylation is 1. The largest absolute Gasteiger partial charge is 0.486 e. The van der Waals surface area contributed by atoms with E-state index in [1.54, 1.807) is 19.3 Å². The molecular formula is C14H14FN5O. The molecule has 0 amide bonds. The highest BCUT2D eigenvalue weighted by molar-refractivity contribution is 5.78. The highest BCUT2D eigenvalue weighted by Crippen LogP contribution is 2.20. The summed E-state index contributed by atoms with van der Waals surface area (Å²) in [5, 5.41) is 10.6. The van der Waals surface area contributed by atoms with Crippen molar-refractivity contribution in [3.63, 3.8) is 0 Å². The first-order valence-corrected chi connectivity index (χ1v) is 6.44. The molecule has 3 aromatic heterocycles. The van der Waals surface area contributed by atoms with Gasteiger partial charge in [0.25, 0.3) is 0 Å². The van der Waals surface area contributed by atoms with Crippen LogP contribution in [0.15, 0.2) is 24.4 Å². The average Bonchev–Trinajstić information content (AvgIpc) is 2.87. The molecule has 0 saturated heterocycles. The summed E-state index contributed by atoms with van der Waals surface area (Å²) in [5.41, 5.74) is 1.77. The van der Waals surface area contributed by atoms with E-state index in [4.69, 9.17) is 4.74 Å². The van der Waals surface area contributed by atoms with Gasteiger partial charge in [-0.05, 0) is 25.1 Å². The van der Waals surface area contributed by atoms with Gasteiger partial charge in [0.2, 0.25) is 0 Å². The molecule has 0 bridgehead atoms. The quantitative estimate of drug-likeness (QED) is 0.770. The van der Waals surface area contributed by atoms with Gasteiger partial charge in [0, 0.05) is 18.1 Å². The first kappa shape index (κ1) is 13.3. The van der Waals surface area contributed by atoms with Crippen LogP contribution in [0.5, 0.6) is 5.75 Å². The number of fused-ring (bicyclic) bond motifs is 1. The van der Waals surface area contributed by atoms with E-state index in [0.29, 0.717) is 17.2 Å². The van der Waals surface area contributed by atoms with E-state index in [9.17, 15) is 4.39 Å². The van der Waals surface area contributed by atoms with E-state index in [1.807, 2.05) is 13.0 Å². The summed E-state index contributed by atoms with van der Waals surface area (Å²) in [6.45, 7) is 1.93. The van der Waals surface area contributed by atoms with E-state index >= 15 is 0 Å². The van der Waals surface area contributed by atoms with Crippen molar-refractivity contribution in [1.29, 1.82) is 0 Å². The van der Waals surface area contributed by atoms with Gasteiger partial charge < -0.3 is 10.1 Å². The first-order valence-electron chi connectivity index (χ1n) is 6.44. The third-order valence-corrected chi connectivity index (χ3v) is 3.13. The molecule has 0 aliphatic heterocycles. The number of ether oxygens (including phenoxy) is 1. The maximum atomic E-state index is 13.7. The standard InChI is InChI=1S/C14H14FN5O/c1-8-10-5-9(6-17-14(10)20-19-8)21-7-12-11(15)3-4-13(16-2)18-12/h3-6H,7H2,1-2H3,(H,16,18)(H,17,19,20). The Morgan fingerprint density at radius 2 is 2.24 bits per heavy atom. The third kappa shape index (κ3) is 2.62. The van der Waals surface area contributed by atoms with E-state index in [1.165, 1.54) is 6.07 Å². The van der Waals surface area contributed by atoms with Crippen molar-refractivity contribution in [3.05, 3.63) is 41.6 Å². The molecule has 21 heavy (non-hydrogen) atoms. The summed E-state index contributed by atoms with van der Waals surface area (Å²) in [5.74, 6) is 0.736. The Kier molecular flexibility index (Phi) is 3.39. The summed E-state index contributed by atoms with van der Waals surface area (Å²) in [6, 6.07) is 4.75. The van der Waals surface area contributed by atoms with Crippen molar-refractivity contribution in [3.8, 4) is 5.75 Å². The van der Waals surface area contributed by atoms with Crippen LogP contribution in [0.4, 0.5) is 10.2 Å². The van der Waals surface area contributed by atoms with Crippen LogP contribution in [0, 0.1) is 12.7 Å². The molecule has 0 radical (unpaired) electrons. The Hall–Kier alpha value is -2.70. The molecule has 6 nitrogen and oxygen atoms in total. The zero-order valence-corrected chi connectivity index (χ0v) is 11.6. The predicted molar refractivity (Wildman–Crippen MR) is 76.7 cm³/mol. The van der Waals surface area contributed by atoms with E-state index in [2.05, 4.69) is 25.5 Å². The fraction of sp³-hybridized carbons (Fsp3) is 0.214. The predicted octanol–water partition coefficient (Wildman–Crippen LogP) is 2.42. The van der Waals surface area contributed by atoms with Crippen LogP contribution >= 0.6 is 0 Å². The van der Waals surface area contributed by atoms with E-state index in [-0.39, 0.29) is 12.3 Å². The maximum absolute atomic E-state index is 13.7. The number of nitrogens with zero attached hydrogens (tertiary/aromatic N) is 3. The molecule has 0 fully saturated rings. The number of halogens is 1. The molecule has 0 atom stereocenters. The van der Waals surface area contributed by atoms with Gasteiger partial charge in [-0.15, -0.1) is 0 Å². The number of anilines is 1. The van der Waals surface area contributed by atoms with Crippen molar-refractivity contribution < 1.29 is 9.13 Å². The van der Waals surface area contributed by atoms with Crippen LogP contribution in [-0.4, -0.2) is 27.2 Å². The molecule has 0 aliphatic carbocycles. The molecule has 2 N–H and O–H groups in total. The number of nitrogens with one attached hydrogen (secondary N) is 2. The molecule has 3 aromatic rings. The second-order valence-electron chi connectivity index (χ2n) is 4.55. The number of hydrogen-bond acceptors (Lipinski definition) is 5. The second-order valence-corrected chi connectivity index (χ2v) is 4.55. The van der Waals surface area contributed by atoms with Gasteiger partial charge in [-0.25, -0.2) is 14.4 Å². The number of H-pyrrole nitrogens is 1. The molecular weight excluding hydrogens is 273 g/mol. The lowest BCUT2D eigenvalue weighted by molar-refractivity contribution is 0.293. The monoisotopic (exact) mass is 287 g/mol. The van der Waals surface area contributed by atoms with Gasteiger partial charge in [-0.3, -0.25) is 5.10 Å². The van der Waals surface area contributed by atoms with Crippen molar-refractivity contribution >= 4 is 16.9 Å². The summed E-state index contributed by atoms with van der Waals surface area (Å²) >= 11 is 0. The normalized spacial score (nSPS) is 10.8. The van der Waals surface area contributed by atoms with Gasteiger partial charge in [-0.1, -0.05) is 0 Å². The minimum absolute atomic E-state index is 0.0332. The van der Waals surface area contributed by atoms with Gasteiger partial charge in [0.05, 0.1) is 6.20 Å². The topological polar surface area (TPSA) is 75.7 Å².